The molecule has 4 N–H and O–H groups in total. The molecule has 6 aromatic rings. The van der Waals surface area contributed by atoms with Crippen LogP contribution in [0.4, 0.5) is 0 Å². The van der Waals surface area contributed by atoms with Crippen LogP contribution in [0.15, 0.2) is 143 Å². The molecule has 10 rings (SSSR count). The summed E-state index contributed by atoms with van der Waals surface area (Å²) in [6, 6.07) is 34.9. The fourth-order valence-electron chi connectivity index (χ4n) is 8.13. The van der Waals surface area contributed by atoms with Gasteiger partial charge in [0, 0.05) is 40.6 Å². The fourth-order valence-corrected chi connectivity index (χ4v) is 8.13. The van der Waals surface area contributed by atoms with E-state index in [0.29, 0.717) is 12.5 Å². The Labute approximate surface area is 284 Å². The number of rotatable bonds is 4. The Morgan fingerprint density at radius 2 is 1.61 bits per heavy atom. The molecular weight excluding hydrogens is 601 g/mol. The van der Waals surface area contributed by atoms with Gasteiger partial charge in [-0.05, 0) is 81.1 Å². The van der Waals surface area contributed by atoms with Crippen molar-refractivity contribution >= 4 is 51.0 Å². The van der Waals surface area contributed by atoms with Crippen LogP contribution in [0.1, 0.15) is 40.2 Å². The molecule has 2 aliphatic heterocycles. The van der Waals surface area contributed by atoms with Gasteiger partial charge >= 0.3 is 0 Å². The van der Waals surface area contributed by atoms with E-state index in [2.05, 4.69) is 148 Å². The highest BCUT2D eigenvalue weighted by atomic mass is 15.3. The Balaban J connectivity index is 1.10. The lowest BCUT2D eigenvalue weighted by molar-refractivity contribution is 0.382. The van der Waals surface area contributed by atoms with Crippen LogP contribution in [0.3, 0.4) is 0 Å². The first-order chi connectivity index (χ1) is 24.2. The van der Waals surface area contributed by atoms with Gasteiger partial charge in [-0.25, -0.2) is 4.99 Å². The Morgan fingerprint density at radius 1 is 0.816 bits per heavy atom. The maximum atomic E-state index is 8.67. The van der Waals surface area contributed by atoms with E-state index in [1.54, 1.807) is 0 Å². The summed E-state index contributed by atoms with van der Waals surface area (Å²) in [6.07, 6.45) is 15.4. The van der Waals surface area contributed by atoms with Crippen molar-refractivity contribution in [3.63, 3.8) is 0 Å². The molecule has 5 aromatic carbocycles. The van der Waals surface area contributed by atoms with Crippen LogP contribution < -0.4 is 16.0 Å². The van der Waals surface area contributed by atoms with Gasteiger partial charge in [-0.3, -0.25) is 5.32 Å². The minimum absolute atomic E-state index is 0.0707. The van der Waals surface area contributed by atoms with Crippen LogP contribution >= 0.6 is 0 Å². The SMILES string of the molecule is N=Cc1cc(C2NC3=C(NCC=N3)C(c3ccc4ccccc4c3)N2)ccc1-n1c2c(c3cc4ccccc4cc31)C=C1C=CC=CC1C2. The van der Waals surface area contributed by atoms with Crippen molar-refractivity contribution in [3.8, 4) is 5.69 Å². The molecule has 0 radical (unpaired) electrons. The van der Waals surface area contributed by atoms with E-state index in [0.717, 1.165) is 34.8 Å². The van der Waals surface area contributed by atoms with E-state index < -0.39 is 0 Å². The highest BCUT2D eigenvalue weighted by molar-refractivity contribution is 6.04. The van der Waals surface area contributed by atoms with E-state index >= 15 is 0 Å². The van der Waals surface area contributed by atoms with E-state index in [4.69, 9.17) is 10.4 Å². The van der Waals surface area contributed by atoms with Crippen molar-refractivity contribution in [2.24, 2.45) is 10.9 Å². The first-order valence-corrected chi connectivity index (χ1v) is 17.0. The smallest absolute Gasteiger partial charge is 0.148 e. The number of aromatic nitrogens is 1. The molecule has 6 heteroatoms. The summed E-state index contributed by atoms with van der Waals surface area (Å²) in [6.45, 7) is 0.692. The molecule has 49 heavy (non-hydrogen) atoms. The fraction of sp³-hybridized carbons (Fsp3) is 0.116. The maximum Gasteiger partial charge on any atom is 0.148 e. The first kappa shape index (κ1) is 28.1. The van der Waals surface area contributed by atoms with E-state index in [1.807, 2.05) is 6.21 Å². The predicted octanol–water partition coefficient (Wildman–Crippen LogP) is 8.39. The average Bonchev–Trinajstić information content (AvgIpc) is 3.46. The topological polar surface area (TPSA) is 77.2 Å². The Bertz CT molecular complexity index is 2530. The van der Waals surface area contributed by atoms with Gasteiger partial charge in [-0.15, -0.1) is 0 Å². The molecule has 0 saturated heterocycles. The molecule has 1 aromatic heterocycles. The van der Waals surface area contributed by atoms with Crippen molar-refractivity contribution in [2.75, 3.05) is 6.54 Å². The van der Waals surface area contributed by atoms with Gasteiger partial charge in [-0.2, -0.15) is 0 Å². The molecule has 3 heterocycles. The molecule has 0 fully saturated rings. The molecule has 0 amide bonds. The van der Waals surface area contributed by atoms with Crippen molar-refractivity contribution in [3.05, 3.63) is 166 Å². The Morgan fingerprint density at radius 3 is 2.47 bits per heavy atom. The van der Waals surface area contributed by atoms with E-state index in [1.165, 1.54) is 61.1 Å². The zero-order valence-electron chi connectivity index (χ0n) is 26.8. The van der Waals surface area contributed by atoms with Gasteiger partial charge < -0.3 is 20.6 Å². The summed E-state index contributed by atoms with van der Waals surface area (Å²) < 4.78 is 2.41. The van der Waals surface area contributed by atoms with Gasteiger partial charge in [0.05, 0.1) is 29.5 Å². The predicted molar refractivity (Wildman–Crippen MR) is 201 cm³/mol. The standard InChI is InChI=1S/C43H34N6/c44-25-34-20-33(42-47-40(41-43(48-42)46-18-17-45-41)32-14-13-26-7-1-2-8-27(26)19-32)15-16-37(34)49-38-23-30-11-5-3-9-28(30)21-35(38)36-22-29-10-4-6-12-31(29)24-39(36)49/h1-16,18-23,25,31,40,42,44-45,47-48H,17,24H2. The number of hydrogen-bond donors (Lipinski definition) is 4. The summed E-state index contributed by atoms with van der Waals surface area (Å²) in [5, 5.41) is 25.9. The molecule has 0 bridgehead atoms. The van der Waals surface area contributed by atoms with Crippen molar-refractivity contribution in [2.45, 2.75) is 18.6 Å². The third-order valence-electron chi connectivity index (χ3n) is 10.5. The molecule has 236 valence electrons. The summed E-state index contributed by atoms with van der Waals surface area (Å²) in [7, 11) is 0. The van der Waals surface area contributed by atoms with Crippen LogP contribution in [0.5, 0.6) is 0 Å². The van der Waals surface area contributed by atoms with E-state index in [9.17, 15) is 0 Å². The lowest BCUT2D eigenvalue weighted by Gasteiger charge is -2.37. The van der Waals surface area contributed by atoms with Crippen molar-refractivity contribution in [1.82, 2.24) is 20.5 Å². The van der Waals surface area contributed by atoms with Gasteiger partial charge in [0.15, 0.2) is 0 Å². The number of benzene rings is 5. The molecule has 0 spiro atoms. The van der Waals surface area contributed by atoms with Gasteiger partial charge in [0.25, 0.3) is 0 Å². The van der Waals surface area contributed by atoms with Crippen LogP contribution in [-0.4, -0.2) is 23.5 Å². The van der Waals surface area contributed by atoms with Gasteiger partial charge in [-0.1, -0.05) is 91.0 Å². The van der Waals surface area contributed by atoms with E-state index in [-0.39, 0.29) is 12.2 Å². The molecule has 3 atom stereocenters. The zero-order valence-corrected chi connectivity index (χ0v) is 26.8. The quantitative estimate of drug-likeness (QED) is 0.147. The Hall–Kier alpha value is -5.98. The lowest BCUT2D eigenvalue weighted by atomic mass is 9.83. The highest BCUT2D eigenvalue weighted by Crippen LogP contribution is 2.42. The first-order valence-electron chi connectivity index (χ1n) is 17.0. The second-order valence-electron chi connectivity index (χ2n) is 13.3. The summed E-state index contributed by atoms with van der Waals surface area (Å²) in [5.74, 6) is 1.19. The van der Waals surface area contributed by atoms with Gasteiger partial charge in [0.1, 0.15) is 12.0 Å². The number of fused-ring (bicyclic) bond motifs is 6. The number of nitrogens with zero attached hydrogens (tertiary/aromatic N) is 2. The number of nitrogens with one attached hydrogen (secondary N) is 4. The normalized spacial score (nSPS) is 20.8. The minimum atomic E-state index is -0.205. The molecule has 3 unspecified atom stereocenters. The number of hydrogen-bond acceptors (Lipinski definition) is 5. The summed E-state index contributed by atoms with van der Waals surface area (Å²) in [5.41, 5.74) is 10.3. The minimum Gasteiger partial charge on any atom is -0.379 e. The highest BCUT2D eigenvalue weighted by Gasteiger charge is 2.32. The maximum absolute atomic E-state index is 8.67. The third-order valence-corrected chi connectivity index (χ3v) is 10.5. The van der Waals surface area contributed by atoms with Crippen LogP contribution in [0.2, 0.25) is 0 Å². The van der Waals surface area contributed by atoms with Crippen LogP contribution in [-0.2, 0) is 6.42 Å². The third kappa shape index (κ3) is 4.52. The molecule has 2 aliphatic carbocycles. The second kappa shape index (κ2) is 11.0. The number of aliphatic imine (C=N–C) groups is 1. The molecular formula is C43H34N6. The molecule has 6 nitrogen and oxygen atoms in total. The zero-order chi connectivity index (χ0) is 32.5. The van der Waals surface area contributed by atoms with Crippen LogP contribution in [0.25, 0.3) is 44.2 Å². The Kier molecular flexibility index (Phi) is 6.33. The van der Waals surface area contributed by atoms with Crippen molar-refractivity contribution < 1.29 is 0 Å². The monoisotopic (exact) mass is 634 g/mol. The van der Waals surface area contributed by atoms with Crippen molar-refractivity contribution in [1.29, 1.82) is 5.41 Å². The largest absolute Gasteiger partial charge is 0.379 e. The molecule has 4 aliphatic rings. The lowest BCUT2D eigenvalue weighted by Crippen LogP contribution is -2.47. The second-order valence-corrected chi connectivity index (χ2v) is 13.3. The summed E-state index contributed by atoms with van der Waals surface area (Å²) >= 11 is 0. The summed E-state index contributed by atoms with van der Waals surface area (Å²) in [4.78, 5) is 4.78. The molecule has 0 saturated carbocycles. The number of allylic oxidation sites excluding steroid dienone is 5. The average molecular weight is 635 g/mol. The van der Waals surface area contributed by atoms with Crippen LogP contribution in [0, 0.1) is 11.3 Å². The van der Waals surface area contributed by atoms with Gasteiger partial charge in [0.2, 0.25) is 0 Å².